The second-order valence-corrected chi connectivity index (χ2v) is 11.7. The predicted octanol–water partition coefficient (Wildman–Crippen LogP) is 5.49. The number of hydrogen-bond donors (Lipinski definition) is 2. The Balaban J connectivity index is 1.45. The van der Waals surface area contributed by atoms with Gasteiger partial charge in [-0.05, 0) is 68.0 Å². The number of thiophene rings is 1. The zero-order valence-electron chi connectivity index (χ0n) is 16.7. The van der Waals surface area contributed by atoms with Crippen molar-refractivity contribution in [3.8, 4) is 0 Å². The molecule has 1 aliphatic heterocycles. The maximum absolute atomic E-state index is 13.0. The van der Waals surface area contributed by atoms with Crippen molar-refractivity contribution >= 4 is 27.0 Å². The largest absolute Gasteiger partial charge is 0.377 e. The summed E-state index contributed by atoms with van der Waals surface area (Å²) in [7, 11) is -3.48. The van der Waals surface area contributed by atoms with Crippen LogP contribution in [-0.4, -0.2) is 14.5 Å². The molecule has 0 spiro atoms. The molecule has 2 heterocycles. The number of hydrogen-bond acceptors (Lipinski definition) is 4. The molecule has 2 N–H and O–H groups in total. The van der Waals surface area contributed by atoms with Crippen molar-refractivity contribution in [1.29, 1.82) is 0 Å². The molecule has 154 valence electrons. The zero-order valence-corrected chi connectivity index (χ0v) is 18.4. The third-order valence-corrected chi connectivity index (χ3v) is 9.24. The Labute approximate surface area is 177 Å². The van der Waals surface area contributed by atoms with Gasteiger partial charge >= 0.3 is 0 Å². The Morgan fingerprint density at radius 1 is 1.10 bits per heavy atom. The van der Waals surface area contributed by atoms with Gasteiger partial charge in [-0.25, -0.2) is 13.1 Å². The Morgan fingerprint density at radius 3 is 2.69 bits per heavy atom. The molecule has 5 rings (SSSR count). The highest BCUT2D eigenvalue weighted by molar-refractivity contribution is 7.89. The molecule has 2 aromatic rings. The van der Waals surface area contributed by atoms with Crippen LogP contribution in [0.5, 0.6) is 0 Å². The van der Waals surface area contributed by atoms with Gasteiger partial charge in [0, 0.05) is 27.4 Å². The number of anilines is 1. The van der Waals surface area contributed by atoms with E-state index in [4.69, 9.17) is 0 Å². The molecule has 2 aliphatic carbocycles. The number of benzene rings is 1. The van der Waals surface area contributed by atoms with Crippen molar-refractivity contribution in [2.24, 2.45) is 5.92 Å². The summed E-state index contributed by atoms with van der Waals surface area (Å²) in [6, 6.07) is 10.4. The number of rotatable bonds is 4. The molecule has 1 aromatic carbocycles. The molecule has 3 aliphatic rings. The van der Waals surface area contributed by atoms with Crippen molar-refractivity contribution in [2.75, 3.05) is 5.32 Å². The van der Waals surface area contributed by atoms with E-state index in [9.17, 15) is 8.42 Å². The lowest BCUT2D eigenvalue weighted by Gasteiger charge is -2.37. The second kappa shape index (κ2) is 7.56. The molecule has 1 aromatic heterocycles. The summed E-state index contributed by atoms with van der Waals surface area (Å²) in [5, 5.41) is 3.71. The topological polar surface area (TPSA) is 58.2 Å². The van der Waals surface area contributed by atoms with Crippen LogP contribution >= 0.6 is 11.3 Å². The third-order valence-electron chi connectivity index (χ3n) is 6.64. The van der Waals surface area contributed by atoms with Crippen LogP contribution in [0, 0.1) is 12.8 Å². The van der Waals surface area contributed by atoms with Gasteiger partial charge in [-0.15, -0.1) is 11.3 Å². The van der Waals surface area contributed by atoms with E-state index in [2.05, 4.69) is 41.2 Å². The third kappa shape index (κ3) is 3.66. The molecule has 1 saturated carbocycles. The van der Waals surface area contributed by atoms with Gasteiger partial charge in [-0.2, -0.15) is 0 Å². The van der Waals surface area contributed by atoms with Crippen LogP contribution in [0.15, 0.2) is 47.4 Å². The smallest absolute Gasteiger partial charge is 0.240 e. The molecule has 3 unspecified atom stereocenters. The van der Waals surface area contributed by atoms with Crippen LogP contribution in [0.25, 0.3) is 0 Å². The van der Waals surface area contributed by atoms with Crippen LogP contribution in [0.3, 0.4) is 0 Å². The molecule has 4 nitrogen and oxygen atoms in total. The number of nitrogens with one attached hydrogen (secondary N) is 2. The predicted molar refractivity (Wildman–Crippen MR) is 119 cm³/mol. The van der Waals surface area contributed by atoms with Crippen LogP contribution in [0.2, 0.25) is 0 Å². The van der Waals surface area contributed by atoms with Crippen molar-refractivity contribution in [2.45, 2.75) is 68.3 Å². The average molecular weight is 429 g/mol. The first kappa shape index (κ1) is 19.3. The minimum absolute atomic E-state index is 0.0773. The first-order valence-electron chi connectivity index (χ1n) is 10.7. The fraction of sp³-hybridized carbons (Fsp3) is 0.478. The van der Waals surface area contributed by atoms with Gasteiger partial charge in [0.1, 0.15) is 0 Å². The second-order valence-electron chi connectivity index (χ2n) is 8.63. The van der Waals surface area contributed by atoms with E-state index in [1.807, 2.05) is 23.5 Å². The zero-order chi connectivity index (χ0) is 20.0. The Kier molecular flexibility index (Phi) is 5.04. The van der Waals surface area contributed by atoms with E-state index in [1.165, 1.54) is 16.2 Å². The summed E-state index contributed by atoms with van der Waals surface area (Å²) in [6.45, 7) is 2.14. The van der Waals surface area contributed by atoms with Crippen LogP contribution < -0.4 is 10.0 Å². The molecule has 29 heavy (non-hydrogen) atoms. The van der Waals surface area contributed by atoms with Crippen LogP contribution in [-0.2, 0) is 10.0 Å². The summed E-state index contributed by atoms with van der Waals surface area (Å²) in [5.74, 6) is 0.702. The highest BCUT2D eigenvalue weighted by Crippen LogP contribution is 2.51. The Morgan fingerprint density at radius 2 is 1.93 bits per heavy atom. The first-order valence-corrected chi connectivity index (χ1v) is 13.0. The lowest BCUT2D eigenvalue weighted by Crippen LogP contribution is -2.36. The number of fused-ring (bicyclic) bond motifs is 3. The average Bonchev–Trinajstić information content (AvgIpc) is 3.37. The van der Waals surface area contributed by atoms with E-state index in [0.29, 0.717) is 10.8 Å². The molecular weight excluding hydrogens is 400 g/mol. The van der Waals surface area contributed by atoms with Gasteiger partial charge in [-0.3, -0.25) is 0 Å². The molecule has 6 heteroatoms. The van der Waals surface area contributed by atoms with Crippen molar-refractivity contribution in [3.63, 3.8) is 0 Å². The van der Waals surface area contributed by atoms with Gasteiger partial charge in [0.05, 0.1) is 10.9 Å². The Hall–Kier alpha value is -1.63. The molecule has 1 fully saturated rings. The van der Waals surface area contributed by atoms with Crippen molar-refractivity contribution in [3.05, 3.63) is 57.8 Å². The minimum Gasteiger partial charge on any atom is -0.377 e. The van der Waals surface area contributed by atoms with E-state index in [0.717, 1.165) is 43.4 Å². The van der Waals surface area contributed by atoms with Gasteiger partial charge < -0.3 is 5.32 Å². The number of sulfonamides is 1. The summed E-state index contributed by atoms with van der Waals surface area (Å²) < 4.78 is 29.0. The number of allylic oxidation sites excluding steroid dienone is 2. The minimum atomic E-state index is -3.48. The first-order chi connectivity index (χ1) is 14.0. The quantitative estimate of drug-likeness (QED) is 0.633. The van der Waals surface area contributed by atoms with Crippen LogP contribution in [0.1, 0.15) is 65.8 Å². The van der Waals surface area contributed by atoms with E-state index < -0.39 is 10.0 Å². The Bertz CT molecular complexity index is 1030. The van der Waals surface area contributed by atoms with Gasteiger partial charge in [-0.1, -0.05) is 31.4 Å². The molecular formula is C23H28N2O2S2. The van der Waals surface area contributed by atoms with Crippen molar-refractivity contribution in [1.82, 2.24) is 4.72 Å². The van der Waals surface area contributed by atoms with Gasteiger partial charge in [0.2, 0.25) is 10.0 Å². The summed E-state index contributed by atoms with van der Waals surface area (Å²) in [6.07, 6.45) is 10.9. The molecule has 0 saturated heterocycles. The highest BCUT2D eigenvalue weighted by Gasteiger charge is 2.39. The number of aryl methyl sites for hydroxylation is 1. The van der Waals surface area contributed by atoms with Crippen molar-refractivity contribution < 1.29 is 8.42 Å². The fourth-order valence-corrected chi connectivity index (χ4v) is 7.49. The molecule has 0 bridgehead atoms. The van der Waals surface area contributed by atoms with E-state index >= 15 is 0 Å². The fourth-order valence-electron chi connectivity index (χ4n) is 5.15. The summed E-state index contributed by atoms with van der Waals surface area (Å²) >= 11 is 1.85. The summed E-state index contributed by atoms with van der Waals surface area (Å²) in [4.78, 5) is 3.08. The lowest BCUT2D eigenvalue weighted by molar-refractivity contribution is 0.412. The molecule has 0 amide bonds. The maximum atomic E-state index is 13.0. The maximum Gasteiger partial charge on any atom is 0.240 e. The van der Waals surface area contributed by atoms with E-state index in [-0.39, 0.29) is 18.0 Å². The lowest BCUT2D eigenvalue weighted by atomic mass is 9.79. The van der Waals surface area contributed by atoms with Crippen LogP contribution in [0.4, 0.5) is 5.69 Å². The monoisotopic (exact) mass is 428 g/mol. The SMILES string of the molecule is Cc1ccc(C2Nc3ccc(S(=O)(=O)NC4CCCCC4)cc3C3C=CCC32)s1. The highest BCUT2D eigenvalue weighted by atomic mass is 32.2. The van der Waals surface area contributed by atoms with Gasteiger partial charge in [0.15, 0.2) is 0 Å². The normalized spacial score (nSPS) is 26.7. The molecule has 0 radical (unpaired) electrons. The molecule has 3 atom stereocenters. The van der Waals surface area contributed by atoms with Gasteiger partial charge in [0.25, 0.3) is 0 Å². The van der Waals surface area contributed by atoms with E-state index in [1.54, 1.807) is 6.07 Å². The standard InChI is InChI=1S/C23H28N2O2S2/c1-15-10-13-22(28-15)23-19-9-5-8-18(19)20-14-17(11-12-21(20)24-23)29(26,27)25-16-6-3-2-4-7-16/h5,8,10-14,16,18-19,23-25H,2-4,6-7,9H2,1H3. The summed E-state index contributed by atoms with van der Waals surface area (Å²) in [5.41, 5.74) is 2.17.